The zero-order valence-electron chi connectivity index (χ0n) is 8.45. The van der Waals surface area contributed by atoms with Crippen molar-refractivity contribution in [1.82, 2.24) is 0 Å². The molecule has 82 valence electrons. The first kappa shape index (κ1) is 13.3. The van der Waals surface area contributed by atoms with E-state index in [1.165, 1.54) is 6.55 Å². The zero-order chi connectivity index (χ0) is 11.2. The number of esters is 1. The van der Waals surface area contributed by atoms with Gasteiger partial charge in [0, 0.05) is 25.1 Å². The number of ether oxygens (including phenoxy) is 1. The van der Waals surface area contributed by atoms with Crippen LogP contribution in [0.1, 0.15) is 13.3 Å². The van der Waals surface area contributed by atoms with E-state index in [0.29, 0.717) is 12.0 Å². The summed E-state index contributed by atoms with van der Waals surface area (Å²) >= 11 is 0. The van der Waals surface area contributed by atoms with E-state index in [0.717, 1.165) is 0 Å². The van der Waals surface area contributed by atoms with Crippen LogP contribution in [-0.2, 0) is 14.0 Å². The second-order valence-corrected chi connectivity index (χ2v) is 5.21. The summed E-state index contributed by atoms with van der Waals surface area (Å²) in [5.74, 6) is -0.446. The minimum Gasteiger partial charge on any atom is -0.462 e. The molecule has 0 bridgehead atoms. The lowest BCUT2D eigenvalue weighted by Gasteiger charge is -2.12. The molecule has 0 atom stereocenters. The van der Waals surface area contributed by atoms with Gasteiger partial charge in [0.2, 0.25) is 0 Å². The normalized spacial score (nSPS) is 11.1. The van der Waals surface area contributed by atoms with Gasteiger partial charge >= 0.3 is 14.8 Å². The minimum atomic E-state index is -3.41. The van der Waals surface area contributed by atoms with E-state index < -0.39 is 14.8 Å². The number of carbonyl (C=O) groups is 1. The Morgan fingerprint density at radius 2 is 2.00 bits per heavy atom. The summed E-state index contributed by atoms with van der Waals surface area (Å²) in [6, 6.07) is 0. The Labute approximate surface area is 84.3 Å². The van der Waals surface area contributed by atoms with Crippen LogP contribution in [0.3, 0.4) is 0 Å². The van der Waals surface area contributed by atoms with Gasteiger partial charge in [-0.25, -0.2) is 4.79 Å². The molecule has 0 spiro atoms. The third-order valence-electron chi connectivity index (χ3n) is 1.25. The summed E-state index contributed by atoms with van der Waals surface area (Å²) in [6.45, 7) is 6.57. The highest BCUT2D eigenvalue weighted by Crippen LogP contribution is 1.97. The van der Waals surface area contributed by atoms with Gasteiger partial charge in [-0.1, -0.05) is 6.58 Å². The third kappa shape index (κ3) is 7.93. The molecule has 0 fully saturated rings. The molecule has 2 N–H and O–H groups in total. The number of rotatable bonds is 6. The van der Waals surface area contributed by atoms with Crippen LogP contribution < -0.4 is 0 Å². The molecule has 14 heavy (non-hydrogen) atoms. The molecule has 0 aromatic carbocycles. The fraction of sp³-hybridized carbons (Fsp3) is 0.625. The first-order valence-electron chi connectivity index (χ1n) is 4.24. The molecule has 0 saturated carbocycles. The Kier molecular flexibility index (Phi) is 5.62. The molecule has 0 aromatic rings. The molecule has 5 nitrogen and oxygen atoms in total. The topological polar surface area (TPSA) is 76.0 Å². The maximum Gasteiger partial charge on any atom is 0.492 e. The van der Waals surface area contributed by atoms with Gasteiger partial charge in [-0.05, 0) is 6.92 Å². The Morgan fingerprint density at radius 3 is 2.43 bits per heavy atom. The van der Waals surface area contributed by atoms with Crippen molar-refractivity contribution in [1.29, 1.82) is 0 Å². The van der Waals surface area contributed by atoms with E-state index in [1.54, 1.807) is 6.92 Å². The van der Waals surface area contributed by atoms with Gasteiger partial charge in [0.1, 0.15) is 0 Å². The maximum atomic E-state index is 10.9. The first-order chi connectivity index (χ1) is 6.33. The summed E-state index contributed by atoms with van der Waals surface area (Å²) in [4.78, 5) is 28.6. The summed E-state index contributed by atoms with van der Waals surface area (Å²) in [6.07, 6.45) is 0.433. The molecule has 0 aliphatic carbocycles. The standard InChI is InChI=1S/C8H16O5Si/c1-7(2)8(9)12-5-4-6-13-14(3,10)11/h10-11H,1,4-6H2,2-3H3. The van der Waals surface area contributed by atoms with E-state index in [2.05, 4.69) is 6.58 Å². The summed E-state index contributed by atoms with van der Waals surface area (Å²) < 4.78 is 9.46. The number of hydrogen-bond donors (Lipinski definition) is 2. The summed E-state index contributed by atoms with van der Waals surface area (Å²) in [5.41, 5.74) is 0.342. The second kappa shape index (κ2) is 5.92. The van der Waals surface area contributed by atoms with Crippen molar-refractivity contribution in [3.63, 3.8) is 0 Å². The lowest BCUT2D eigenvalue weighted by molar-refractivity contribution is -0.139. The van der Waals surface area contributed by atoms with E-state index in [1.807, 2.05) is 0 Å². The highest BCUT2D eigenvalue weighted by Gasteiger charge is 2.23. The first-order valence-corrected chi connectivity index (χ1v) is 6.54. The van der Waals surface area contributed by atoms with Gasteiger partial charge in [0.15, 0.2) is 0 Å². The number of carbonyl (C=O) groups excluding carboxylic acids is 1. The largest absolute Gasteiger partial charge is 0.492 e. The van der Waals surface area contributed by atoms with Crippen molar-refractivity contribution in [2.75, 3.05) is 13.2 Å². The van der Waals surface area contributed by atoms with Crippen LogP contribution in [-0.4, -0.2) is 37.6 Å². The molecular weight excluding hydrogens is 204 g/mol. The quantitative estimate of drug-likeness (QED) is 0.287. The average molecular weight is 220 g/mol. The van der Waals surface area contributed by atoms with Crippen molar-refractivity contribution < 1.29 is 23.5 Å². The van der Waals surface area contributed by atoms with Crippen molar-refractivity contribution >= 4 is 14.8 Å². The van der Waals surface area contributed by atoms with Crippen molar-refractivity contribution in [3.8, 4) is 0 Å². The molecule has 0 rings (SSSR count). The minimum absolute atomic E-state index is 0.166. The number of hydrogen-bond acceptors (Lipinski definition) is 5. The highest BCUT2D eigenvalue weighted by atomic mass is 28.4. The predicted octanol–water partition coefficient (Wildman–Crippen LogP) is 0.0657. The lowest BCUT2D eigenvalue weighted by atomic mass is 10.4. The van der Waals surface area contributed by atoms with Crippen LogP contribution >= 0.6 is 0 Å². The Morgan fingerprint density at radius 1 is 1.43 bits per heavy atom. The Hall–Kier alpha value is -0.693. The molecule has 0 aliphatic rings. The molecular formula is C8H16O5Si. The van der Waals surface area contributed by atoms with Crippen LogP contribution in [0.25, 0.3) is 0 Å². The average Bonchev–Trinajstić information content (AvgIpc) is 2.01. The van der Waals surface area contributed by atoms with Gasteiger partial charge in [0.05, 0.1) is 6.61 Å². The molecule has 0 radical (unpaired) electrons. The molecule has 0 unspecified atom stereocenters. The van der Waals surface area contributed by atoms with Gasteiger partial charge in [-0.15, -0.1) is 0 Å². The Bertz CT molecular complexity index is 208. The van der Waals surface area contributed by atoms with E-state index in [4.69, 9.17) is 18.8 Å². The van der Waals surface area contributed by atoms with Crippen LogP contribution in [0, 0.1) is 0 Å². The highest BCUT2D eigenvalue weighted by molar-refractivity contribution is 6.56. The predicted molar refractivity (Wildman–Crippen MR) is 52.4 cm³/mol. The smallest absolute Gasteiger partial charge is 0.462 e. The molecule has 0 aliphatic heterocycles. The van der Waals surface area contributed by atoms with Crippen LogP contribution in [0.15, 0.2) is 12.2 Å². The molecule has 0 aromatic heterocycles. The van der Waals surface area contributed by atoms with Crippen molar-refractivity contribution in [2.45, 2.75) is 19.9 Å². The summed E-state index contributed by atoms with van der Waals surface area (Å²) in [5, 5.41) is 0. The van der Waals surface area contributed by atoms with Crippen molar-refractivity contribution in [3.05, 3.63) is 12.2 Å². The Balaban J connectivity index is 3.39. The van der Waals surface area contributed by atoms with Gasteiger partial charge in [-0.2, -0.15) is 0 Å². The fourth-order valence-electron chi connectivity index (χ4n) is 0.613. The van der Waals surface area contributed by atoms with E-state index in [-0.39, 0.29) is 13.2 Å². The van der Waals surface area contributed by atoms with Crippen LogP contribution in [0.5, 0.6) is 0 Å². The van der Waals surface area contributed by atoms with Crippen LogP contribution in [0.4, 0.5) is 0 Å². The maximum absolute atomic E-state index is 10.9. The molecule has 0 amide bonds. The zero-order valence-corrected chi connectivity index (χ0v) is 9.45. The SMILES string of the molecule is C=C(C)C(=O)OCCCO[Si](C)(O)O. The molecule has 0 saturated heterocycles. The van der Waals surface area contributed by atoms with Gasteiger partial charge < -0.3 is 18.8 Å². The molecule has 6 heteroatoms. The lowest BCUT2D eigenvalue weighted by Crippen LogP contribution is -2.35. The second-order valence-electron chi connectivity index (χ2n) is 3.05. The monoisotopic (exact) mass is 220 g/mol. The van der Waals surface area contributed by atoms with Crippen LogP contribution in [0.2, 0.25) is 6.55 Å². The third-order valence-corrected chi connectivity index (χ3v) is 2.00. The van der Waals surface area contributed by atoms with Crippen molar-refractivity contribution in [2.24, 2.45) is 0 Å². The molecule has 0 heterocycles. The summed E-state index contributed by atoms with van der Waals surface area (Å²) in [7, 11) is -3.41. The van der Waals surface area contributed by atoms with E-state index in [9.17, 15) is 4.79 Å². The van der Waals surface area contributed by atoms with Gasteiger partial charge in [-0.3, -0.25) is 0 Å². The fourth-order valence-corrected chi connectivity index (χ4v) is 1.14. The van der Waals surface area contributed by atoms with E-state index >= 15 is 0 Å². The van der Waals surface area contributed by atoms with Gasteiger partial charge in [0.25, 0.3) is 0 Å².